The van der Waals surface area contributed by atoms with Crippen LogP contribution in [0.15, 0.2) is 29.6 Å². The molecule has 2 aromatic rings. The lowest BCUT2D eigenvalue weighted by Crippen LogP contribution is -2.02. The van der Waals surface area contributed by atoms with Crippen LogP contribution in [0.2, 0.25) is 0 Å². The van der Waals surface area contributed by atoms with Gasteiger partial charge in [-0.25, -0.2) is 4.79 Å². The predicted molar refractivity (Wildman–Crippen MR) is 59.1 cm³/mol. The Bertz CT molecular complexity index is 545. The molecule has 1 N–H and O–H groups in total. The van der Waals surface area contributed by atoms with Crippen molar-refractivity contribution >= 4 is 16.9 Å². The van der Waals surface area contributed by atoms with Crippen molar-refractivity contribution in [3.63, 3.8) is 0 Å². The Morgan fingerprint density at radius 2 is 2.31 bits per heavy atom. The number of ether oxygens (including phenoxy) is 1. The third-order valence-corrected chi connectivity index (χ3v) is 2.43. The number of aromatic nitrogens is 1. The summed E-state index contributed by atoms with van der Waals surface area (Å²) in [5.41, 5.74) is 1.94. The summed E-state index contributed by atoms with van der Waals surface area (Å²) in [6.45, 7) is 0.0357. The number of nitroso groups, excluding NO2 is 1. The van der Waals surface area contributed by atoms with Gasteiger partial charge in [-0.3, -0.25) is 0 Å². The molecular formula is C11H10N2O3. The summed E-state index contributed by atoms with van der Waals surface area (Å²) in [7, 11) is 1.32. The first kappa shape index (κ1) is 10.4. The quantitative estimate of drug-likeness (QED) is 0.634. The van der Waals surface area contributed by atoms with Crippen molar-refractivity contribution < 1.29 is 9.53 Å². The third-order valence-electron chi connectivity index (χ3n) is 2.43. The minimum Gasteiger partial charge on any atom is -0.465 e. The standard InChI is InChI=1S/C11H10N2O3/c1-16-11(14)8-3-2-4-9-10(8)7(5-12-9)6-13-15/h2-5,12H,6H2,1H3. The third kappa shape index (κ3) is 1.56. The molecule has 0 spiro atoms. The molecule has 0 aliphatic rings. The zero-order chi connectivity index (χ0) is 11.5. The van der Waals surface area contributed by atoms with Crippen molar-refractivity contribution in [1.29, 1.82) is 0 Å². The summed E-state index contributed by atoms with van der Waals surface area (Å²) < 4.78 is 4.69. The van der Waals surface area contributed by atoms with Crippen LogP contribution >= 0.6 is 0 Å². The highest BCUT2D eigenvalue weighted by atomic mass is 16.5. The molecule has 0 saturated heterocycles. The fourth-order valence-electron chi connectivity index (χ4n) is 1.73. The van der Waals surface area contributed by atoms with E-state index in [-0.39, 0.29) is 6.54 Å². The summed E-state index contributed by atoms with van der Waals surface area (Å²) in [6, 6.07) is 5.25. The van der Waals surface area contributed by atoms with E-state index in [0.29, 0.717) is 16.5 Å². The zero-order valence-electron chi connectivity index (χ0n) is 8.69. The van der Waals surface area contributed by atoms with Gasteiger partial charge in [0.15, 0.2) is 0 Å². The number of H-pyrrole nitrogens is 1. The lowest BCUT2D eigenvalue weighted by Gasteiger charge is -2.02. The molecule has 2 rings (SSSR count). The van der Waals surface area contributed by atoms with E-state index in [4.69, 9.17) is 0 Å². The Kier molecular flexibility index (Phi) is 2.68. The fourth-order valence-corrected chi connectivity index (χ4v) is 1.73. The van der Waals surface area contributed by atoms with Crippen LogP contribution in [0, 0.1) is 4.91 Å². The lowest BCUT2D eigenvalue weighted by atomic mass is 10.1. The maximum Gasteiger partial charge on any atom is 0.338 e. The molecule has 0 aliphatic carbocycles. The molecule has 16 heavy (non-hydrogen) atoms. The van der Waals surface area contributed by atoms with E-state index in [1.165, 1.54) is 7.11 Å². The van der Waals surface area contributed by atoms with Crippen molar-refractivity contribution in [2.75, 3.05) is 7.11 Å². The minimum absolute atomic E-state index is 0.0357. The summed E-state index contributed by atoms with van der Waals surface area (Å²) in [5.74, 6) is -0.419. The van der Waals surface area contributed by atoms with E-state index < -0.39 is 5.97 Å². The van der Waals surface area contributed by atoms with Gasteiger partial charge in [0.2, 0.25) is 0 Å². The molecule has 0 unspecified atom stereocenters. The topological polar surface area (TPSA) is 71.5 Å². The van der Waals surface area contributed by atoms with E-state index in [1.807, 2.05) is 6.07 Å². The van der Waals surface area contributed by atoms with Crippen molar-refractivity contribution in [1.82, 2.24) is 4.98 Å². The molecule has 1 aromatic heterocycles. The number of benzene rings is 1. The number of carbonyl (C=O) groups is 1. The molecular weight excluding hydrogens is 208 g/mol. The van der Waals surface area contributed by atoms with Crippen molar-refractivity contribution in [2.45, 2.75) is 6.54 Å². The first-order valence-electron chi connectivity index (χ1n) is 4.74. The number of methoxy groups -OCH3 is 1. The number of nitrogens with one attached hydrogen (secondary N) is 1. The Morgan fingerprint density at radius 3 is 3.00 bits per heavy atom. The largest absolute Gasteiger partial charge is 0.465 e. The molecule has 5 heteroatoms. The van der Waals surface area contributed by atoms with E-state index in [2.05, 4.69) is 14.9 Å². The van der Waals surface area contributed by atoms with E-state index in [9.17, 15) is 9.70 Å². The highest BCUT2D eigenvalue weighted by Gasteiger charge is 2.14. The molecule has 0 saturated carbocycles. The summed E-state index contributed by atoms with van der Waals surface area (Å²) in [6.07, 6.45) is 1.68. The normalized spacial score (nSPS) is 10.3. The Balaban J connectivity index is 2.67. The molecule has 0 bridgehead atoms. The zero-order valence-corrected chi connectivity index (χ0v) is 8.69. The van der Waals surface area contributed by atoms with Gasteiger partial charge in [-0.2, -0.15) is 4.91 Å². The van der Waals surface area contributed by atoms with Gasteiger partial charge in [0.25, 0.3) is 0 Å². The minimum atomic E-state index is -0.419. The SMILES string of the molecule is COC(=O)c1cccc2[nH]cc(CN=O)c12. The van der Waals surface area contributed by atoms with E-state index in [1.54, 1.807) is 18.3 Å². The van der Waals surface area contributed by atoms with Crippen LogP contribution in [0.4, 0.5) is 0 Å². The highest BCUT2D eigenvalue weighted by Crippen LogP contribution is 2.23. The van der Waals surface area contributed by atoms with Crippen LogP contribution < -0.4 is 0 Å². The maximum atomic E-state index is 11.5. The van der Waals surface area contributed by atoms with Crippen LogP contribution in [-0.2, 0) is 11.3 Å². The Labute approximate surface area is 91.4 Å². The number of carbonyl (C=O) groups excluding carboxylic acids is 1. The molecule has 0 radical (unpaired) electrons. The molecule has 0 aliphatic heterocycles. The smallest absolute Gasteiger partial charge is 0.338 e. The van der Waals surface area contributed by atoms with Crippen LogP contribution in [0.5, 0.6) is 0 Å². The van der Waals surface area contributed by atoms with Crippen LogP contribution in [-0.4, -0.2) is 18.1 Å². The fraction of sp³-hybridized carbons (Fsp3) is 0.182. The molecule has 0 atom stereocenters. The molecule has 5 nitrogen and oxygen atoms in total. The van der Waals surface area contributed by atoms with Gasteiger partial charge < -0.3 is 9.72 Å². The van der Waals surface area contributed by atoms with E-state index >= 15 is 0 Å². The average molecular weight is 218 g/mol. The molecule has 0 fully saturated rings. The van der Waals surface area contributed by atoms with Crippen molar-refractivity contribution in [2.24, 2.45) is 5.18 Å². The number of fused-ring (bicyclic) bond motifs is 1. The second-order valence-corrected chi connectivity index (χ2v) is 3.32. The van der Waals surface area contributed by atoms with Crippen LogP contribution in [0.1, 0.15) is 15.9 Å². The maximum absolute atomic E-state index is 11.5. The van der Waals surface area contributed by atoms with Crippen molar-refractivity contribution in [3.8, 4) is 0 Å². The van der Waals surface area contributed by atoms with Crippen LogP contribution in [0.25, 0.3) is 10.9 Å². The second-order valence-electron chi connectivity index (χ2n) is 3.32. The Hall–Kier alpha value is -2.17. The number of aromatic amines is 1. The number of hydrogen-bond acceptors (Lipinski definition) is 4. The average Bonchev–Trinajstić information content (AvgIpc) is 2.72. The highest BCUT2D eigenvalue weighted by molar-refractivity contribution is 6.05. The molecule has 1 heterocycles. The second kappa shape index (κ2) is 4.14. The van der Waals surface area contributed by atoms with Gasteiger partial charge in [-0.05, 0) is 12.1 Å². The summed E-state index contributed by atoms with van der Waals surface area (Å²) in [5, 5.41) is 3.54. The molecule has 1 aromatic carbocycles. The number of rotatable bonds is 3. The van der Waals surface area contributed by atoms with Gasteiger partial charge in [0.1, 0.15) is 6.54 Å². The molecule has 82 valence electrons. The monoisotopic (exact) mass is 218 g/mol. The first-order valence-corrected chi connectivity index (χ1v) is 4.74. The van der Waals surface area contributed by atoms with Gasteiger partial charge in [0, 0.05) is 22.7 Å². The van der Waals surface area contributed by atoms with Gasteiger partial charge in [0.05, 0.1) is 12.7 Å². The summed E-state index contributed by atoms with van der Waals surface area (Å²) in [4.78, 5) is 24.8. The van der Waals surface area contributed by atoms with Gasteiger partial charge in [-0.1, -0.05) is 11.2 Å². The molecule has 0 amide bonds. The first-order chi connectivity index (χ1) is 7.77. The number of hydrogen-bond donors (Lipinski definition) is 1. The number of nitrogens with zero attached hydrogens (tertiary/aromatic N) is 1. The van der Waals surface area contributed by atoms with E-state index in [0.717, 1.165) is 5.52 Å². The predicted octanol–water partition coefficient (Wildman–Crippen LogP) is 2.22. The summed E-state index contributed by atoms with van der Waals surface area (Å²) >= 11 is 0. The van der Waals surface area contributed by atoms with Crippen LogP contribution in [0.3, 0.4) is 0 Å². The van der Waals surface area contributed by atoms with Gasteiger partial charge >= 0.3 is 5.97 Å². The van der Waals surface area contributed by atoms with Crippen molar-refractivity contribution in [3.05, 3.63) is 40.4 Å². The lowest BCUT2D eigenvalue weighted by molar-refractivity contribution is 0.0603. The number of esters is 1. The van der Waals surface area contributed by atoms with Gasteiger partial charge in [-0.15, -0.1) is 0 Å². The Morgan fingerprint density at radius 1 is 1.50 bits per heavy atom.